The Kier molecular flexibility index (Phi) is 3.15. The second-order valence-electron chi connectivity index (χ2n) is 2.74. The maximum atomic E-state index is 2.21. The van der Waals surface area contributed by atoms with E-state index in [1.807, 2.05) is 0 Å². The summed E-state index contributed by atoms with van der Waals surface area (Å²) in [6, 6.07) is 8.58. The SMILES string of the molecule is C[CH]c1ccccc1CCC. The lowest BCUT2D eigenvalue weighted by molar-refractivity contribution is 0.914. The fourth-order valence-electron chi connectivity index (χ4n) is 1.31. The van der Waals surface area contributed by atoms with Gasteiger partial charge in [-0.1, -0.05) is 44.5 Å². The van der Waals surface area contributed by atoms with Gasteiger partial charge in [0.05, 0.1) is 0 Å². The summed E-state index contributed by atoms with van der Waals surface area (Å²) < 4.78 is 0. The molecule has 1 rings (SSSR count). The molecule has 0 unspecified atom stereocenters. The van der Waals surface area contributed by atoms with Gasteiger partial charge >= 0.3 is 0 Å². The smallest absolute Gasteiger partial charge is 0.0121 e. The third kappa shape index (κ3) is 2.07. The molecule has 0 aromatic heterocycles. The Hall–Kier alpha value is -0.780. The molecule has 1 aromatic rings. The minimum absolute atomic E-state index is 1.19. The van der Waals surface area contributed by atoms with Crippen molar-refractivity contribution in [3.05, 3.63) is 41.8 Å². The fraction of sp³-hybridized carbons (Fsp3) is 0.364. The summed E-state index contributed by atoms with van der Waals surface area (Å²) in [6.07, 6.45) is 4.59. The van der Waals surface area contributed by atoms with Crippen LogP contribution in [0, 0.1) is 6.42 Å². The Morgan fingerprint density at radius 1 is 1.27 bits per heavy atom. The van der Waals surface area contributed by atoms with Crippen molar-refractivity contribution in [1.82, 2.24) is 0 Å². The van der Waals surface area contributed by atoms with Gasteiger partial charge in [-0.15, -0.1) is 0 Å². The highest BCUT2D eigenvalue weighted by Gasteiger charge is 1.96. The van der Waals surface area contributed by atoms with Crippen LogP contribution in [0.25, 0.3) is 0 Å². The van der Waals surface area contributed by atoms with Crippen molar-refractivity contribution < 1.29 is 0 Å². The molecule has 0 amide bonds. The molecule has 11 heavy (non-hydrogen) atoms. The number of hydrogen-bond acceptors (Lipinski definition) is 0. The Labute approximate surface area is 69.3 Å². The van der Waals surface area contributed by atoms with Gasteiger partial charge in [-0.05, 0) is 24.0 Å². The minimum Gasteiger partial charge on any atom is -0.0651 e. The first-order valence-electron chi connectivity index (χ1n) is 4.25. The molecule has 0 heterocycles. The second-order valence-corrected chi connectivity index (χ2v) is 2.74. The quantitative estimate of drug-likeness (QED) is 0.616. The average molecular weight is 147 g/mol. The van der Waals surface area contributed by atoms with Crippen LogP contribution >= 0.6 is 0 Å². The van der Waals surface area contributed by atoms with Gasteiger partial charge in [0.2, 0.25) is 0 Å². The monoisotopic (exact) mass is 147 g/mol. The van der Waals surface area contributed by atoms with Crippen LogP contribution in [0.4, 0.5) is 0 Å². The zero-order chi connectivity index (χ0) is 8.10. The highest BCUT2D eigenvalue weighted by Crippen LogP contribution is 2.12. The fourth-order valence-corrected chi connectivity index (χ4v) is 1.31. The molecule has 0 atom stereocenters. The van der Waals surface area contributed by atoms with E-state index in [1.165, 1.54) is 24.0 Å². The molecule has 1 aromatic carbocycles. The third-order valence-electron chi connectivity index (χ3n) is 1.89. The van der Waals surface area contributed by atoms with Crippen molar-refractivity contribution >= 4 is 0 Å². The van der Waals surface area contributed by atoms with Gasteiger partial charge in [-0.2, -0.15) is 0 Å². The van der Waals surface area contributed by atoms with Gasteiger partial charge in [-0.3, -0.25) is 0 Å². The highest BCUT2D eigenvalue weighted by molar-refractivity contribution is 5.32. The summed E-state index contributed by atoms with van der Waals surface area (Å²) >= 11 is 0. The van der Waals surface area contributed by atoms with E-state index in [2.05, 4.69) is 44.5 Å². The Morgan fingerprint density at radius 2 is 2.00 bits per heavy atom. The van der Waals surface area contributed by atoms with Crippen LogP contribution in [0.2, 0.25) is 0 Å². The molecule has 0 aliphatic heterocycles. The van der Waals surface area contributed by atoms with Crippen LogP contribution in [-0.2, 0) is 6.42 Å². The maximum absolute atomic E-state index is 2.21. The summed E-state index contributed by atoms with van der Waals surface area (Å²) in [4.78, 5) is 0. The van der Waals surface area contributed by atoms with Gasteiger partial charge in [0.25, 0.3) is 0 Å². The first kappa shape index (κ1) is 8.32. The lowest BCUT2D eigenvalue weighted by Gasteiger charge is -2.04. The topological polar surface area (TPSA) is 0 Å². The molecular formula is C11H15. The number of hydrogen-bond donors (Lipinski definition) is 0. The van der Waals surface area contributed by atoms with Crippen molar-refractivity contribution in [2.24, 2.45) is 0 Å². The Balaban J connectivity index is 2.83. The lowest BCUT2D eigenvalue weighted by Crippen LogP contribution is -1.89. The molecule has 0 saturated heterocycles. The standard InChI is InChI=1S/C11H15/c1-3-7-11-9-6-5-8-10(11)4-2/h4-6,8-9H,3,7H2,1-2H3. The number of rotatable bonds is 3. The van der Waals surface area contributed by atoms with E-state index < -0.39 is 0 Å². The summed E-state index contributed by atoms with van der Waals surface area (Å²) in [5.41, 5.74) is 2.85. The predicted octanol–water partition coefficient (Wildman–Crippen LogP) is 3.21. The van der Waals surface area contributed by atoms with Crippen molar-refractivity contribution in [2.45, 2.75) is 26.7 Å². The second kappa shape index (κ2) is 4.17. The lowest BCUT2D eigenvalue weighted by atomic mass is 10.0. The van der Waals surface area contributed by atoms with Crippen LogP contribution < -0.4 is 0 Å². The molecule has 0 spiro atoms. The molecule has 0 heteroatoms. The molecule has 0 aliphatic carbocycles. The minimum atomic E-state index is 1.19. The maximum Gasteiger partial charge on any atom is -0.0121 e. The number of benzene rings is 1. The van der Waals surface area contributed by atoms with E-state index in [0.717, 1.165) is 0 Å². The van der Waals surface area contributed by atoms with E-state index in [4.69, 9.17) is 0 Å². The molecule has 0 fully saturated rings. The summed E-state index contributed by atoms with van der Waals surface area (Å²) in [6.45, 7) is 4.31. The largest absolute Gasteiger partial charge is 0.0651 e. The van der Waals surface area contributed by atoms with E-state index in [-0.39, 0.29) is 0 Å². The highest BCUT2D eigenvalue weighted by atomic mass is 14.0. The predicted molar refractivity (Wildman–Crippen MR) is 49.5 cm³/mol. The molecule has 0 aliphatic rings. The van der Waals surface area contributed by atoms with Crippen molar-refractivity contribution in [3.8, 4) is 0 Å². The first-order chi connectivity index (χ1) is 5.38. The van der Waals surface area contributed by atoms with Crippen molar-refractivity contribution in [3.63, 3.8) is 0 Å². The summed E-state index contributed by atoms with van der Waals surface area (Å²) in [7, 11) is 0. The zero-order valence-corrected chi connectivity index (χ0v) is 7.30. The van der Waals surface area contributed by atoms with Crippen molar-refractivity contribution in [2.75, 3.05) is 0 Å². The summed E-state index contributed by atoms with van der Waals surface area (Å²) in [5, 5.41) is 0. The average Bonchev–Trinajstić information content (AvgIpc) is 2.06. The Morgan fingerprint density at radius 3 is 2.64 bits per heavy atom. The van der Waals surface area contributed by atoms with Crippen LogP contribution in [0.15, 0.2) is 24.3 Å². The Bertz CT molecular complexity index is 213. The van der Waals surface area contributed by atoms with Crippen molar-refractivity contribution in [1.29, 1.82) is 0 Å². The molecule has 0 saturated carbocycles. The van der Waals surface area contributed by atoms with E-state index >= 15 is 0 Å². The van der Waals surface area contributed by atoms with Crippen LogP contribution in [-0.4, -0.2) is 0 Å². The van der Waals surface area contributed by atoms with E-state index in [9.17, 15) is 0 Å². The molecule has 0 bridgehead atoms. The van der Waals surface area contributed by atoms with Gasteiger partial charge in [-0.25, -0.2) is 0 Å². The molecule has 1 radical (unpaired) electrons. The van der Waals surface area contributed by atoms with Gasteiger partial charge < -0.3 is 0 Å². The van der Waals surface area contributed by atoms with Crippen LogP contribution in [0.5, 0.6) is 0 Å². The van der Waals surface area contributed by atoms with Crippen LogP contribution in [0.3, 0.4) is 0 Å². The van der Waals surface area contributed by atoms with Crippen LogP contribution in [0.1, 0.15) is 31.4 Å². The van der Waals surface area contributed by atoms with E-state index in [0.29, 0.717) is 0 Å². The van der Waals surface area contributed by atoms with Gasteiger partial charge in [0.1, 0.15) is 0 Å². The van der Waals surface area contributed by atoms with E-state index in [1.54, 1.807) is 0 Å². The first-order valence-corrected chi connectivity index (χ1v) is 4.25. The molecule has 0 N–H and O–H groups in total. The molecular weight excluding hydrogens is 132 g/mol. The normalized spacial score (nSPS) is 10.0. The molecule has 59 valence electrons. The molecule has 0 nitrogen and oxygen atoms in total. The zero-order valence-electron chi connectivity index (χ0n) is 7.30. The summed E-state index contributed by atoms with van der Waals surface area (Å²) in [5.74, 6) is 0. The number of aryl methyl sites for hydroxylation is 1. The van der Waals surface area contributed by atoms with Gasteiger partial charge in [0.15, 0.2) is 0 Å². The third-order valence-corrected chi connectivity index (χ3v) is 1.89. The van der Waals surface area contributed by atoms with Gasteiger partial charge in [0, 0.05) is 0 Å².